The van der Waals surface area contributed by atoms with Crippen LogP contribution in [0.4, 0.5) is 4.79 Å². The van der Waals surface area contributed by atoms with E-state index in [4.69, 9.17) is 4.74 Å². The van der Waals surface area contributed by atoms with Crippen LogP contribution in [0.5, 0.6) is 0 Å². The third-order valence-electron chi connectivity index (χ3n) is 5.09. The van der Waals surface area contributed by atoms with Crippen LogP contribution in [0.2, 0.25) is 0 Å². The van der Waals surface area contributed by atoms with Crippen LogP contribution >= 0.6 is 0 Å². The summed E-state index contributed by atoms with van der Waals surface area (Å²) in [5.74, 6) is -0.614. The second-order valence-electron chi connectivity index (χ2n) is 6.60. The molecule has 4 rings (SSSR count). The molecule has 0 aliphatic heterocycles. The van der Waals surface area contributed by atoms with Crippen molar-refractivity contribution in [2.24, 2.45) is 0 Å². The average Bonchev–Trinajstić information content (AvgIpc) is 2.98. The molecule has 0 heterocycles. The Bertz CT molecular complexity index is 996. The van der Waals surface area contributed by atoms with Crippen molar-refractivity contribution in [1.29, 1.82) is 0 Å². The number of amides is 1. The van der Waals surface area contributed by atoms with Crippen LogP contribution < -0.4 is 5.32 Å². The second kappa shape index (κ2) is 6.29. The van der Waals surface area contributed by atoms with Crippen LogP contribution in [-0.2, 0) is 17.8 Å². The Morgan fingerprint density at radius 2 is 1.81 bits per heavy atom. The SMILES string of the molecule is CNC(=O)OCc1cc2c(c3c1C(O)C(O)C3)C(=O)c1ccccc1C2=O. The molecule has 0 spiro atoms. The predicted octanol–water partition coefficient (Wildman–Crippen LogP) is 1.27. The number of aliphatic hydroxyl groups excluding tert-OH is 2. The Labute approximate surface area is 154 Å². The lowest BCUT2D eigenvalue weighted by Crippen LogP contribution is -2.24. The number of alkyl carbamates (subject to hydrolysis) is 1. The van der Waals surface area contributed by atoms with Crippen LogP contribution in [-0.4, -0.2) is 41.0 Å². The van der Waals surface area contributed by atoms with Gasteiger partial charge < -0.3 is 20.3 Å². The first-order chi connectivity index (χ1) is 12.9. The molecular formula is C20H17NO6. The fourth-order valence-electron chi connectivity index (χ4n) is 3.84. The standard InChI is InChI=1S/C20H17NO6/c1-21-20(26)27-8-9-6-13-16(12-7-14(22)19(25)15(9)12)18(24)11-5-3-2-4-10(11)17(13)23/h2-6,14,19,22,25H,7-8H2,1H3,(H,21,26). The van der Waals surface area contributed by atoms with E-state index < -0.39 is 18.3 Å². The van der Waals surface area contributed by atoms with Crippen molar-refractivity contribution in [1.82, 2.24) is 5.32 Å². The van der Waals surface area contributed by atoms with Gasteiger partial charge in [0.15, 0.2) is 11.6 Å². The van der Waals surface area contributed by atoms with Crippen molar-refractivity contribution in [3.05, 3.63) is 69.3 Å². The number of hydrogen-bond donors (Lipinski definition) is 3. The predicted molar refractivity (Wildman–Crippen MR) is 93.7 cm³/mol. The molecule has 7 heteroatoms. The number of benzene rings is 2. The summed E-state index contributed by atoms with van der Waals surface area (Å²) in [6.45, 7) is -0.192. The van der Waals surface area contributed by atoms with Crippen LogP contribution in [0, 0.1) is 0 Å². The summed E-state index contributed by atoms with van der Waals surface area (Å²) >= 11 is 0. The molecule has 0 aromatic heterocycles. The Morgan fingerprint density at radius 1 is 1.15 bits per heavy atom. The van der Waals surface area contributed by atoms with Gasteiger partial charge in [-0.25, -0.2) is 4.79 Å². The zero-order valence-corrected chi connectivity index (χ0v) is 14.5. The number of ketones is 2. The molecule has 0 saturated carbocycles. The third kappa shape index (κ3) is 2.55. The summed E-state index contributed by atoms with van der Waals surface area (Å²) in [4.78, 5) is 37.4. The van der Waals surface area contributed by atoms with E-state index >= 15 is 0 Å². The van der Waals surface area contributed by atoms with E-state index in [1.165, 1.54) is 13.1 Å². The van der Waals surface area contributed by atoms with E-state index in [2.05, 4.69) is 5.32 Å². The van der Waals surface area contributed by atoms with Gasteiger partial charge in [-0.2, -0.15) is 0 Å². The number of carbonyl (C=O) groups excluding carboxylic acids is 3. The monoisotopic (exact) mass is 367 g/mol. The molecule has 27 heavy (non-hydrogen) atoms. The highest BCUT2D eigenvalue weighted by Gasteiger charge is 2.40. The molecule has 2 aliphatic rings. The summed E-state index contributed by atoms with van der Waals surface area (Å²) in [7, 11) is 1.41. The van der Waals surface area contributed by atoms with Gasteiger partial charge in [0.1, 0.15) is 12.7 Å². The number of fused-ring (bicyclic) bond motifs is 4. The molecule has 1 amide bonds. The topological polar surface area (TPSA) is 113 Å². The summed E-state index contributed by atoms with van der Waals surface area (Å²) in [6.07, 6.45) is -2.92. The largest absolute Gasteiger partial charge is 0.445 e. The number of ether oxygens (including phenoxy) is 1. The first-order valence-electron chi connectivity index (χ1n) is 8.51. The van der Waals surface area contributed by atoms with Gasteiger partial charge in [-0.15, -0.1) is 0 Å². The lowest BCUT2D eigenvalue weighted by Gasteiger charge is -2.22. The van der Waals surface area contributed by atoms with E-state index in [9.17, 15) is 24.6 Å². The third-order valence-corrected chi connectivity index (χ3v) is 5.09. The van der Waals surface area contributed by atoms with Gasteiger partial charge in [-0.1, -0.05) is 24.3 Å². The molecule has 0 bridgehead atoms. The normalized spacial score (nSPS) is 20.0. The molecular weight excluding hydrogens is 350 g/mol. The average molecular weight is 367 g/mol. The molecule has 0 fully saturated rings. The van der Waals surface area contributed by atoms with Crippen molar-refractivity contribution in [2.75, 3.05) is 7.05 Å². The number of carbonyl (C=O) groups is 3. The molecule has 2 unspecified atom stereocenters. The molecule has 7 nitrogen and oxygen atoms in total. The lowest BCUT2D eigenvalue weighted by molar-refractivity contribution is 0.0315. The molecule has 0 radical (unpaired) electrons. The van der Waals surface area contributed by atoms with Gasteiger partial charge in [0.05, 0.1) is 6.10 Å². The van der Waals surface area contributed by atoms with E-state index in [0.717, 1.165) is 0 Å². The van der Waals surface area contributed by atoms with Crippen molar-refractivity contribution in [3.8, 4) is 0 Å². The highest BCUT2D eigenvalue weighted by Crippen LogP contribution is 2.41. The molecule has 0 saturated heterocycles. The molecule has 2 aromatic carbocycles. The first kappa shape index (κ1) is 17.4. The number of aliphatic hydroxyl groups is 2. The van der Waals surface area contributed by atoms with Gasteiger partial charge in [0, 0.05) is 35.7 Å². The maximum absolute atomic E-state index is 13.0. The maximum atomic E-state index is 13.0. The van der Waals surface area contributed by atoms with Crippen molar-refractivity contribution in [3.63, 3.8) is 0 Å². The summed E-state index contributed by atoms with van der Waals surface area (Å²) < 4.78 is 5.07. The Morgan fingerprint density at radius 3 is 2.48 bits per heavy atom. The van der Waals surface area contributed by atoms with Crippen LogP contribution in [0.25, 0.3) is 0 Å². The summed E-state index contributed by atoms with van der Waals surface area (Å²) in [5.41, 5.74) is 2.23. The Kier molecular flexibility index (Phi) is 4.05. The van der Waals surface area contributed by atoms with Crippen molar-refractivity contribution >= 4 is 17.7 Å². The first-order valence-corrected chi connectivity index (χ1v) is 8.51. The Hall–Kier alpha value is -3.03. The fourth-order valence-corrected chi connectivity index (χ4v) is 3.84. The van der Waals surface area contributed by atoms with E-state index in [1.807, 2.05) is 0 Å². The van der Waals surface area contributed by atoms with E-state index in [1.54, 1.807) is 24.3 Å². The van der Waals surface area contributed by atoms with Crippen LogP contribution in [0.15, 0.2) is 30.3 Å². The number of hydrogen-bond acceptors (Lipinski definition) is 6. The molecule has 2 atom stereocenters. The second-order valence-corrected chi connectivity index (χ2v) is 6.60. The van der Waals surface area contributed by atoms with Gasteiger partial charge in [-0.05, 0) is 22.8 Å². The highest BCUT2D eigenvalue weighted by molar-refractivity contribution is 6.29. The minimum absolute atomic E-state index is 0.0494. The highest BCUT2D eigenvalue weighted by atomic mass is 16.5. The van der Waals surface area contributed by atoms with Gasteiger partial charge in [0.25, 0.3) is 0 Å². The van der Waals surface area contributed by atoms with Gasteiger partial charge >= 0.3 is 6.09 Å². The zero-order chi connectivity index (χ0) is 19.3. The van der Waals surface area contributed by atoms with Gasteiger partial charge in [0.2, 0.25) is 0 Å². The minimum atomic E-state index is -1.21. The molecule has 2 aliphatic carbocycles. The van der Waals surface area contributed by atoms with Crippen LogP contribution in [0.1, 0.15) is 54.6 Å². The molecule has 2 aromatic rings. The van der Waals surface area contributed by atoms with Crippen molar-refractivity contribution in [2.45, 2.75) is 25.2 Å². The van der Waals surface area contributed by atoms with Gasteiger partial charge in [-0.3, -0.25) is 9.59 Å². The quantitative estimate of drug-likeness (QED) is 0.629. The van der Waals surface area contributed by atoms with E-state index in [-0.39, 0.29) is 35.7 Å². The maximum Gasteiger partial charge on any atom is 0.407 e. The smallest absolute Gasteiger partial charge is 0.407 e. The Balaban J connectivity index is 1.91. The van der Waals surface area contributed by atoms with Crippen molar-refractivity contribution < 1.29 is 29.3 Å². The zero-order valence-electron chi connectivity index (χ0n) is 14.5. The fraction of sp³-hybridized carbons (Fsp3) is 0.250. The molecule has 3 N–H and O–H groups in total. The van der Waals surface area contributed by atoms with E-state index in [0.29, 0.717) is 27.8 Å². The summed E-state index contributed by atoms with van der Waals surface area (Å²) in [6, 6.07) is 8.04. The number of rotatable bonds is 2. The molecule has 138 valence electrons. The van der Waals surface area contributed by atoms with Crippen LogP contribution in [0.3, 0.4) is 0 Å². The number of nitrogens with one attached hydrogen (secondary N) is 1. The lowest BCUT2D eigenvalue weighted by atomic mass is 9.79. The summed E-state index contributed by atoms with van der Waals surface area (Å²) in [5, 5.41) is 22.9. The minimum Gasteiger partial charge on any atom is -0.445 e.